The summed E-state index contributed by atoms with van der Waals surface area (Å²) >= 11 is 1.31. The van der Waals surface area contributed by atoms with Gasteiger partial charge in [0.05, 0.1) is 26.0 Å². The Balaban J connectivity index is 1.81. The normalized spacial score (nSPS) is 10.6. The summed E-state index contributed by atoms with van der Waals surface area (Å²) < 4.78 is 12.2. The van der Waals surface area contributed by atoms with E-state index in [2.05, 4.69) is 15.5 Å². The number of aromatic nitrogens is 3. The first-order valence-corrected chi connectivity index (χ1v) is 10.3. The Kier molecular flexibility index (Phi) is 7.13. The summed E-state index contributed by atoms with van der Waals surface area (Å²) in [5, 5.41) is 12.6. The molecule has 0 amide bonds. The van der Waals surface area contributed by atoms with E-state index in [1.165, 1.54) is 17.3 Å². The number of hydrogen-bond acceptors (Lipinski definition) is 7. The van der Waals surface area contributed by atoms with Crippen LogP contribution >= 0.6 is 11.8 Å². The van der Waals surface area contributed by atoms with Crippen molar-refractivity contribution in [2.75, 3.05) is 24.8 Å². The largest absolute Gasteiger partial charge is 0.497 e. The van der Waals surface area contributed by atoms with E-state index in [4.69, 9.17) is 9.47 Å². The zero-order valence-corrected chi connectivity index (χ0v) is 17.5. The van der Waals surface area contributed by atoms with Crippen LogP contribution in [0.25, 0.3) is 5.69 Å². The van der Waals surface area contributed by atoms with E-state index in [9.17, 15) is 4.79 Å². The van der Waals surface area contributed by atoms with Crippen LogP contribution in [0.3, 0.4) is 0 Å². The minimum absolute atomic E-state index is 0.184. The van der Waals surface area contributed by atoms with Gasteiger partial charge in [-0.05, 0) is 50.2 Å². The van der Waals surface area contributed by atoms with Crippen LogP contribution in [-0.2, 0) is 16.1 Å². The van der Waals surface area contributed by atoms with Crippen LogP contribution < -0.4 is 10.1 Å². The van der Waals surface area contributed by atoms with Gasteiger partial charge in [0.1, 0.15) is 5.75 Å². The van der Waals surface area contributed by atoms with Crippen LogP contribution in [-0.4, -0.2) is 40.2 Å². The summed E-state index contributed by atoms with van der Waals surface area (Å²) in [4.78, 5) is 11.8. The number of anilines is 1. The van der Waals surface area contributed by atoms with Crippen molar-refractivity contribution in [2.24, 2.45) is 0 Å². The molecule has 0 spiro atoms. The standard InChI is InChI=1S/C21H24N4O3S/c1-4-28-20(26)14-29-21-24-23-19(25(21)17-9-5-15(2)6-10-17)13-22-16-7-11-18(27-3)12-8-16/h5-12,22H,4,13-14H2,1-3H3. The van der Waals surface area contributed by atoms with E-state index in [0.717, 1.165) is 22.9 Å². The van der Waals surface area contributed by atoms with Crippen molar-refractivity contribution in [1.82, 2.24) is 14.8 Å². The van der Waals surface area contributed by atoms with Crippen molar-refractivity contribution in [3.8, 4) is 11.4 Å². The molecule has 0 aliphatic rings. The number of carbonyl (C=O) groups excluding carboxylic acids is 1. The van der Waals surface area contributed by atoms with Gasteiger partial charge in [0.2, 0.25) is 0 Å². The third-order valence-corrected chi connectivity index (χ3v) is 5.06. The van der Waals surface area contributed by atoms with Crippen molar-refractivity contribution in [2.45, 2.75) is 25.5 Å². The average molecular weight is 413 g/mol. The van der Waals surface area contributed by atoms with Crippen LogP contribution in [0, 0.1) is 6.92 Å². The first-order chi connectivity index (χ1) is 14.1. The number of esters is 1. The van der Waals surface area contributed by atoms with E-state index < -0.39 is 0 Å². The fourth-order valence-corrected chi connectivity index (χ4v) is 3.45. The highest BCUT2D eigenvalue weighted by atomic mass is 32.2. The Morgan fingerprint density at radius 1 is 1.10 bits per heavy atom. The summed E-state index contributed by atoms with van der Waals surface area (Å²) in [6.07, 6.45) is 0. The molecule has 1 heterocycles. The molecule has 0 saturated carbocycles. The molecule has 3 rings (SSSR count). The molecule has 3 aromatic rings. The minimum Gasteiger partial charge on any atom is -0.497 e. The van der Waals surface area contributed by atoms with Crippen LogP contribution in [0.1, 0.15) is 18.3 Å². The average Bonchev–Trinajstić information content (AvgIpc) is 3.15. The van der Waals surface area contributed by atoms with Crippen molar-refractivity contribution in [3.63, 3.8) is 0 Å². The fourth-order valence-electron chi connectivity index (χ4n) is 2.68. The lowest BCUT2D eigenvalue weighted by molar-refractivity contribution is -0.139. The maximum atomic E-state index is 11.8. The number of hydrogen-bond donors (Lipinski definition) is 1. The van der Waals surface area contributed by atoms with Gasteiger partial charge < -0.3 is 14.8 Å². The lowest BCUT2D eigenvalue weighted by Crippen LogP contribution is -2.10. The number of benzene rings is 2. The molecule has 0 fully saturated rings. The molecule has 0 aliphatic carbocycles. The molecule has 2 aromatic carbocycles. The summed E-state index contributed by atoms with van der Waals surface area (Å²) in [5.74, 6) is 1.46. The first-order valence-electron chi connectivity index (χ1n) is 9.28. The molecule has 1 aromatic heterocycles. The summed E-state index contributed by atoms with van der Waals surface area (Å²) in [6, 6.07) is 15.8. The highest BCUT2D eigenvalue weighted by molar-refractivity contribution is 7.99. The number of rotatable bonds is 9. The highest BCUT2D eigenvalue weighted by Gasteiger charge is 2.16. The van der Waals surface area contributed by atoms with Crippen molar-refractivity contribution < 1.29 is 14.3 Å². The molecule has 0 aliphatic heterocycles. The lowest BCUT2D eigenvalue weighted by Gasteiger charge is -2.12. The summed E-state index contributed by atoms with van der Waals surface area (Å²) in [6.45, 7) is 4.67. The van der Waals surface area contributed by atoms with E-state index in [1.807, 2.05) is 60.0 Å². The van der Waals surface area contributed by atoms with Gasteiger partial charge in [-0.25, -0.2) is 0 Å². The van der Waals surface area contributed by atoms with Gasteiger partial charge in [0.25, 0.3) is 0 Å². The molecule has 0 bridgehead atoms. The molecule has 0 saturated heterocycles. The Labute approximate surface area is 174 Å². The zero-order valence-electron chi connectivity index (χ0n) is 16.7. The van der Waals surface area contributed by atoms with E-state index in [-0.39, 0.29) is 11.7 Å². The Morgan fingerprint density at radius 3 is 2.48 bits per heavy atom. The van der Waals surface area contributed by atoms with Crippen molar-refractivity contribution in [1.29, 1.82) is 0 Å². The monoisotopic (exact) mass is 412 g/mol. The van der Waals surface area contributed by atoms with Gasteiger partial charge in [0, 0.05) is 11.4 Å². The van der Waals surface area contributed by atoms with Crippen molar-refractivity contribution in [3.05, 3.63) is 59.9 Å². The molecule has 152 valence electrons. The quantitative estimate of drug-likeness (QED) is 0.422. The van der Waals surface area contributed by atoms with Crippen LogP contribution in [0.2, 0.25) is 0 Å². The predicted molar refractivity (Wildman–Crippen MR) is 114 cm³/mol. The topological polar surface area (TPSA) is 78.3 Å². The van der Waals surface area contributed by atoms with E-state index in [0.29, 0.717) is 18.3 Å². The molecule has 29 heavy (non-hydrogen) atoms. The number of aryl methyl sites for hydroxylation is 1. The number of nitrogens with zero attached hydrogens (tertiary/aromatic N) is 3. The number of nitrogens with one attached hydrogen (secondary N) is 1. The second-order valence-corrected chi connectivity index (χ2v) is 7.19. The summed E-state index contributed by atoms with van der Waals surface area (Å²) in [5.41, 5.74) is 3.06. The second kappa shape index (κ2) is 9.97. The SMILES string of the molecule is CCOC(=O)CSc1nnc(CNc2ccc(OC)cc2)n1-c1ccc(C)cc1. The molecular weight excluding hydrogens is 388 g/mol. The molecule has 0 atom stereocenters. The lowest BCUT2D eigenvalue weighted by atomic mass is 10.2. The minimum atomic E-state index is -0.270. The number of ether oxygens (including phenoxy) is 2. The Hall–Kier alpha value is -3.00. The maximum absolute atomic E-state index is 11.8. The van der Waals surface area contributed by atoms with Gasteiger partial charge in [0.15, 0.2) is 11.0 Å². The number of methoxy groups -OCH3 is 1. The van der Waals surface area contributed by atoms with Gasteiger partial charge in [-0.3, -0.25) is 9.36 Å². The molecule has 7 nitrogen and oxygen atoms in total. The Morgan fingerprint density at radius 2 is 1.83 bits per heavy atom. The highest BCUT2D eigenvalue weighted by Crippen LogP contribution is 2.23. The van der Waals surface area contributed by atoms with Crippen LogP contribution in [0.4, 0.5) is 5.69 Å². The van der Waals surface area contributed by atoms with Crippen LogP contribution in [0.5, 0.6) is 5.75 Å². The predicted octanol–water partition coefficient (Wildman–Crippen LogP) is 3.85. The summed E-state index contributed by atoms with van der Waals surface area (Å²) in [7, 11) is 1.64. The number of carbonyl (C=O) groups is 1. The fraction of sp³-hybridized carbons (Fsp3) is 0.286. The Bertz CT molecular complexity index is 940. The maximum Gasteiger partial charge on any atom is 0.316 e. The van der Waals surface area contributed by atoms with Crippen molar-refractivity contribution >= 4 is 23.4 Å². The zero-order chi connectivity index (χ0) is 20.6. The van der Waals surface area contributed by atoms with Gasteiger partial charge in [-0.15, -0.1) is 10.2 Å². The van der Waals surface area contributed by atoms with Crippen LogP contribution in [0.15, 0.2) is 53.7 Å². The molecule has 0 radical (unpaired) electrons. The third kappa shape index (κ3) is 5.51. The molecular formula is C21H24N4O3S. The van der Waals surface area contributed by atoms with Gasteiger partial charge >= 0.3 is 5.97 Å². The van der Waals surface area contributed by atoms with E-state index in [1.54, 1.807) is 14.0 Å². The molecule has 8 heteroatoms. The second-order valence-electron chi connectivity index (χ2n) is 6.25. The molecule has 1 N–H and O–H groups in total. The third-order valence-electron chi connectivity index (χ3n) is 4.16. The van der Waals surface area contributed by atoms with Gasteiger partial charge in [-0.1, -0.05) is 29.5 Å². The van der Waals surface area contributed by atoms with E-state index >= 15 is 0 Å². The first kappa shape index (κ1) is 20.7. The smallest absolute Gasteiger partial charge is 0.316 e. The van der Waals surface area contributed by atoms with Gasteiger partial charge in [-0.2, -0.15) is 0 Å². The molecule has 0 unspecified atom stereocenters. The number of thioether (sulfide) groups is 1.